The fraction of sp³-hybridized carbons (Fsp3) is 0.261. The molecule has 7 nitrogen and oxygen atoms in total. The van der Waals surface area contributed by atoms with E-state index >= 15 is 0 Å². The minimum absolute atomic E-state index is 0.274. The Bertz CT molecular complexity index is 1200. The first-order valence-electron chi connectivity index (χ1n) is 9.86. The van der Waals surface area contributed by atoms with Crippen molar-refractivity contribution in [3.8, 4) is 5.75 Å². The molecule has 0 radical (unpaired) electrons. The molecule has 0 spiro atoms. The molecule has 2 heterocycles. The van der Waals surface area contributed by atoms with E-state index in [9.17, 15) is 14.4 Å². The Morgan fingerprint density at radius 2 is 1.77 bits per heavy atom. The first-order valence-corrected chi connectivity index (χ1v) is 9.86. The summed E-state index contributed by atoms with van der Waals surface area (Å²) in [6.45, 7) is -0.314. The van der Waals surface area contributed by atoms with Gasteiger partial charge >= 0.3 is 0 Å². The molecule has 2 atom stereocenters. The molecular formula is C23H20N2O5. The summed E-state index contributed by atoms with van der Waals surface area (Å²) in [7, 11) is 1.52. The van der Waals surface area contributed by atoms with Gasteiger partial charge in [-0.15, -0.1) is 0 Å². The molecule has 1 aromatic heterocycles. The number of allylic oxidation sites excluding steroid dienone is 2. The number of hydrogen-bond donors (Lipinski definition) is 1. The van der Waals surface area contributed by atoms with Crippen molar-refractivity contribution in [1.29, 1.82) is 0 Å². The van der Waals surface area contributed by atoms with Gasteiger partial charge in [-0.2, -0.15) is 0 Å². The molecule has 1 aliphatic carbocycles. The topological polar surface area (TPSA) is 88.9 Å². The molecule has 0 saturated carbocycles. The molecule has 152 valence electrons. The smallest absolute Gasteiger partial charge is 0.244 e. The lowest BCUT2D eigenvalue weighted by Gasteiger charge is -2.15. The molecule has 2 unspecified atom stereocenters. The second-order valence-electron chi connectivity index (χ2n) is 7.61. The number of amides is 3. The van der Waals surface area contributed by atoms with Gasteiger partial charge in [0.15, 0.2) is 0 Å². The molecular weight excluding hydrogens is 384 g/mol. The number of carbonyl (C=O) groups excluding carboxylic acids is 3. The first kappa shape index (κ1) is 18.4. The largest absolute Gasteiger partial charge is 0.495 e. The fourth-order valence-corrected chi connectivity index (χ4v) is 4.38. The summed E-state index contributed by atoms with van der Waals surface area (Å²) < 4.78 is 11.3. The van der Waals surface area contributed by atoms with Crippen molar-refractivity contribution >= 4 is 45.3 Å². The number of likely N-dealkylation sites (tertiary alicyclic amines) is 1. The van der Waals surface area contributed by atoms with Gasteiger partial charge in [0.05, 0.1) is 24.6 Å². The van der Waals surface area contributed by atoms with Crippen molar-refractivity contribution in [2.45, 2.75) is 12.8 Å². The SMILES string of the molecule is COc1cc2c(cc1NC(=O)CN1C(=O)C3CC=CCC3C1=O)oc1ccccc12. The molecule has 2 aromatic carbocycles. The van der Waals surface area contributed by atoms with Crippen LogP contribution in [0.25, 0.3) is 21.9 Å². The Kier molecular flexibility index (Phi) is 4.31. The van der Waals surface area contributed by atoms with Crippen LogP contribution in [-0.2, 0) is 14.4 Å². The molecule has 3 aromatic rings. The van der Waals surface area contributed by atoms with Gasteiger partial charge in [-0.05, 0) is 25.0 Å². The molecule has 0 bridgehead atoms. The highest BCUT2D eigenvalue weighted by Crippen LogP contribution is 2.37. The number of fused-ring (bicyclic) bond motifs is 4. The number of nitrogens with one attached hydrogen (secondary N) is 1. The van der Waals surface area contributed by atoms with Gasteiger partial charge < -0.3 is 14.5 Å². The highest BCUT2D eigenvalue weighted by Gasteiger charge is 2.47. The maximum absolute atomic E-state index is 12.7. The van der Waals surface area contributed by atoms with Gasteiger partial charge in [-0.3, -0.25) is 19.3 Å². The number of para-hydroxylation sites is 1. The fourth-order valence-electron chi connectivity index (χ4n) is 4.38. The van der Waals surface area contributed by atoms with Gasteiger partial charge in [0.25, 0.3) is 0 Å². The number of rotatable bonds is 4. The van der Waals surface area contributed by atoms with Crippen LogP contribution in [0.1, 0.15) is 12.8 Å². The van der Waals surface area contributed by atoms with E-state index in [1.54, 1.807) is 6.07 Å². The monoisotopic (exact) mass is 404 g/mol. The van der Waals surface area contributed by atoms with Crippen LogP contribution >= 0.6 is 0 Å². The number of anilines is 1. The number of benzene rings is 2. The van der Waals surface area contributed by atoms with Crippen molar-refractivity contribution < 1.29 is 23.5 Å². The lowest BCUT2D eigenvalue weighted by Crippen LogP contribution is -2.38. The van der Waals surface area contributed by atoms with E-state index < -0.39 is 5.91 Å². The highest BCUT2D eigenvalue weighted by atomic mass is 16.5. The van der Waals surface area contributed by atoms with Crippen LogP contribution < -0.4 is 10.1 Å². The third-order valence-electron chi connectivity index (χ3n) is 5.87. The van der Waals surface area contributed by atoms with Crippen molar-refractivity contribution in [1.82, 2.24) is 4.90 Å². The lowest BCUT2D eigenvalue weighted by molar-refractivity contribution is -0.142. The van der Waals surface area contributed by atoms with Crippen LogP contribution in [0.3, 0.4) is 0 Å². The van der Waals surface area contributed by atoms with E-state index in [0.29, 0.717) is 29.9 Å². The van der Waals surface area contributed by atoms with Gasteiger partial charge in [-0.1, -0.05) is 30.4 Å². The number of hydrogen-bond acceptors (Lipinski definition) is 5. The molecule has 2 aliphatic rings. The average Bonchev–Trinajstić information content (AvgIpc) is 3.23. The van der Waals surface area contributed by atoms with Crippen molar-refractivity contribution in [3.63, 3.8) is 0 Å². The molecule has 1 aliphatic heterocycles. The Labute approximate surface area is 172 Å². The minimum atomic E-state index is -0.461. The predicted molar refractivity (Wildman–Crippen MR) is 111 cm³/mol. The summed E-state index contributed by atoms with van der Waals surface area (Å²) in [5, 5.41) is 4.59. The highest BCUT2D eigenvalue weighted by molar-refractivity contribution is 6.10. The normalized spacial score (nSPS) is 20.8. The second kappa shape index (κ2) is 7.02. The van der Waals surface area contributed by atoms with Crippen LogP contribution in [0, 0.1) is 11.8 Å². The Hall–Kier alpha value is -3.61. The van der Waals surface area contributed by atoms with Crippen LogP contribution in [0.4, 0.5) is 5.69 Å². The molecule has 1 N–H and O–H groups in total. The third kappa shape index (κ3) is 2.85. The van der Waals surface area contributed by atoms with Crippen LogP contribution in [0.2, 0.25) is 0 Å². The van der Waals surface area contributed by atoms with Gasteiger partial charge in [0, 0.05) is 16.8 Å². The van der Waals surface area contributed by atoms with E-state index in [1.165, 1.54) is 7.11 Å². The zero-order chi connectivity index (χ0) is 20.8. The second-order valence-corrected chi connectivity index (χ2v) is 7.61. The maximum Gasteiger partial charge on any atom is 0.244 e. The number of methoxy groups -OCH3 is 1. The Morgan fingerprint density at radius 1 is 1.07 bits per heavy atom. The van der Waals surface area contributed by atoms with Crippen molar-refractivity contribution in [2.75, 3.05) is 19.0 Å². The summed E-state index contributed by atoms with van der Waals surface area (Å²) in [6, 6.07) is 11.2. The van der Waals surface area contributed by atoms with Crippen molar-refractivity contribution in [3.05, 3.63) is 48.6 Å². The summed E-state index contributed by atoms with van der Waals surface area (Å²) in [5.74, 6) is -1.24. The predicted octanol–water partition coefficient (Wildman–Crippen LogP) is 3.48. The number of carbonyl (C=O) groups is 3. The maximum atomic E-state index is 12.7. The van der Waals surface area contributed by atoms with E-state index in [1.807, 2.05) is 42.5 Å². The molecule has 5 rings (SSSR count). The average molecular weight is 404 g/mol. The van der Waals surface area contributed by atoms with E-state index in [0.717, 1.165) is 21.3 Å². The summed E-state index contributed by atoms with van der Waals surface area (Å²) in [5.41, 5.74) is 1.77. The lowest BCUT2D eigenvalue weighted by atomic mass is 9.85. The molecule has 1 fully saturated rings. The van der Waals surface area contributed by atoms with Gasteiger partial charge in [0.1, 0.15) is 23.5 Å². The quantitative estimate of drug-likeness (QED) is 0.531. The molecule has 7 heteroatoms. The summed E-state index contributed by atoms with van der Waals surface area (Å²) in [6.07, 6.45) is 4.93. The summed E-state index contributed by atoms with van der Waals surface area (Å²) in [4.78, 5) is 38.9. The van der Waals surface area contributed by atoms with Crippen LogP contribution in [-0.4, -0.2) is 36.3 Å². The number of imide groups is 1. The Morgan fingerprint density at radius 3 is 2.47 bits per heavy atom. The number of nitrogens with zero attached hydrogens (tertiary/aromatic N) is 1. The zero-order valence-electron chi connectivity index (χ0n) is 16.4. The number of furan rings is 1. The standard InChI is InChI=1S/C23H20N2O5/c1-29-20-10-16-13-6-4-5-9-18(13)30-19(16)11-17(20)24-21(26)12-25-22(27)14-7-2-3-8-15(14)23(25)28/h2-6,9-11,14-15H,7-8,12H2,1H3,(H,24,26). The zero-order valence-corrected chi connectivity index (χ0v) is 16.4. The van der Waals surface area contributed by atoms with Crippen LogP contribution in [0.5, 0.6) is 5.75 Å². The van der Waals surface area contributed by atoms with Crippen LogP contribution in [0.15, 0.2) is 53.0 Å². The van der Waals surface area contributed by atoms with E-state index in [-0.39, 0.29) is 30.2 Å². The minimum Gasteiger partial charge on any atom is -0.495 e. The molecule has 30 heavy (non-hydrogen) atoms. The number of ether oxygens (including phenoxy) is 1. The summed E-state index contributed by atoms with van der Waals surface area (Å²) >= 11 is 0. The first-order chi connectivity index (χ1) is 14.6. The van der Waals surface area contributed by atoms with Crippen molar-refractivity contribution in [2.24, 2.45) is 11.8 Å². The molecule has 1 saturated heterocycles. The van der Waals surface area contributed by atoms with Gasteiger partial charge in [0.2, 0.25) is 17.7 Å². The molecule has 3 amide bonds. The Balaban J connectivity index is 1.40. The van der Waals surface area contributed by atoms with E-state index in [4.69, 9.17) is 9.15 Å². The van der Waals surface area contributed by atoms with Gasteiger partial charge in [-0.25, -0.2) is 0 Å². The third-order valence-corrected chi connectivity index (χ3v) is 5.87. The van der Waals surface area contributed by atoms with E-state index in [2.05, 4.69) is 5.32 Å².